The number of aliphatic hydroxyl groups excluding tert-OH is 18. The van der Waals surface area contributed by atoms with Crippen LogP contribution < -0.4 is 0 Å². The second kappa shape index (κ2) is 26.8. The van der Waals surface area contributed by atoms with Gasteiger partial charge in [-0.1, -0.05) is 0 Å². The van der Waals surface area contributed by atoms with Crippen LogP contribution >= 0.6 is 0 Å². The monoisotopic (exact) mass is 1090 g/mol. The minimum Gasteiger partial charge on any atom is -0.394 e. The minimum absolute atomic E-state index is 0.391. The largest absolute Gasteiger partial charge is 0.394 e. The van der Waals surface area contributed by atoms with Crippen molar-refractivity contribution in [2.75, 3.05) is 53.4 Å². The summed E-state index contributed by atoms with van der Waals surface area (Å²) in [5.41, 5.74) is 0. The molecule has 32 heteroatoms. The summed E-state index contributed by atoms with van der Waals surface area (Å²) in [7, 11) is 1.16. The van der Waals surface area contributed by atoms with Gasteiger partial charge in [-0.25, -0.2) is 0 Å². The van der Waals surface area contributed by atoms with Gasteiger partial charge in [-0.3, -0.25) is 0 Å². The van der Waals surface area contributed by atoms with Crippen molar-refractivity contribution in [3.8, 4) is 0 Å². The van der Waals surface area contributed by atoms with E-state index < -0.39 is 230 Å². The van der Waals surface area contributed by atoms with Gasteiger partial charge in [0.15, 0.2) is 44.0 Å². The topological polar surface area (TPSA) is 493 Å². The predicted octanol–water partition coefficient (Wildman–Crippen LogP) is -11.9. The molecule has 0 aromatic rings. The fourth-order valence-corrected chi connectivity index (χ4v) is 9.84. The average molecular weight is 1090 g/mol. The lowest BCUT2D eigenvalue weighted by atomic mass is 9.95. The Morgan fingerprint density at radius 2 is 0.595 bits per heavy atom. The minimum atomic E-state index is -2.21. The standard InChI is InChI=1S/C42H72O32/c1-61-37-25(55)20(50)32(14(8-45)64-37)70-39-28(58)23(53)35(17(11-48)67-39)73-42-30(60)36(19(49)12(6-43)63-42)74-41-29(59)24(54)34(16(10-47)68-41)72-40-27(57)22(52)33(15(9-46)66-40)71-38-26(56)21(51)31(13(7-44)65-38)69-18-4-2-3-5-62-18/h12-60H,2-11H2,1H3/t12-,13-,14-,15-,16-,17-,18?,19-,20-,21-,22-,23-,24-,25-,26-,27-,28-,29-,30-,31-,32-,33-,34-,35-,36+,37-,38+,39+,40+,41+,42+/m1/s1. The summed E-state index contributed by atoms with van der Waals surface area (Å²) in [6.07, 6.45) is -53.3. The van der Waals surface area contributed by atoms with Gasteiger partial charge in [-0.05, 0) is 19.3 Å². The molecule has 7 saturated heterocycles. The van der Waals surface area contributed by atoms with Crippen molar-refractivity contribution in [1.82, 2.24) is 0 Å². The Hall–Kier alpha value is -1.28. The molecule has 0 amide bonds. The third-order valence-corrected chi connectivity index (χ3v) is 14.1. The molecule has 0 spiro atoms. The summed E-state index contributed by atoms with van der Waals surface area (Å²) >= 11 is 0. The number of aliphatic hydroxyl groups is 18. The van der Waals surface area contributed by atoms with Crippen molar-refractivity contribution >= 4 is 0 Å². The average Bonchev–Trinajstić information content (AvgIpc) is 3.40. The van der Waals surface area contributed by atoms with Crippen molar-refractivity contribution in [1.29, 1.82) is 0 Å². The number of hydrogen-bond acceptors (Lipinski definition) is 32. The molecule has 32 nitrogen and oxygen atoms in total. The lowest BCUT2D eigenvalue weighted by molar-refractivity contribution is -0.397. The van der Waals surface area contributed by atoms with Crippen molar-refractivity contribution in [2.45, 2.75) is 210 Å². The van der Waals surface area contributed by atoms with E-state index in [9.17, 15) is 91.9 Å². The zero-order chi connectivity index (χ0) is 53.9. The summed E-state index contributed by atoms with van der Waals surface area (Å²) in [5.74, 6) is 0. The van der Waals surface area contributed by atoms with Crippen LogP contribution in [0.3, 0.4) is 0 Å². The van der Waals surface area contributed by atoms with Gasteiger partial charge in [0.25, 0.3) is 0 Å². The Labute approximate surface area is 421 Å². The van der Waals surface area contributed by atoms with Crippen LogP contribution in [0, 0.1) is 0 Å². The van der Waals surface area contributed by atoms with Crippen LogP contribution in [-0.4, -0.2) is 336 Å². The molecule has 7 aliphatic rings. The number of methoxy groups -OCH3 is 1. The second-order valence-corrected chi connectivity index (χ2v) is 18.9. The summed E-state index contributed by atoms with van der Waals surface area (Å²) in [6.45, 7) is -5.05. The smallest absolute Gasteiger partial charge is 0.187 e. The maximum atomic E-state index is 11.5. The molecular weight excluding hydrogens is 1020 g/mol. The van der Waals surface area contributed by atoms with Gasteiger partial charge in [-0.15, -0.1) is 0 Å². The molecule has 0 radical (unpaired) electrons. The second-order valence-electron chi connectivity index (χ2n) is 18.9. The summed E-state index contributed by atoms with van der Waals surface area (Å²) in [5, 5.41) is 194. The maximum Gasteiger partial charge on any atom is 0.187 e. The van der Waals surface area contributed by atoms with Gasteiger partial charge in [0.1, 0.15) is 146 Å². The van der Waals surface area contributed by atoms with Crippen LogP contribution in [0.2, 0.25) is 0 Å². The van der Waals surface area contributed by atoms with Gasteiger partial charge in [0.05, 0.1) is 39.6 Å². The third-order valence-electron chi connectivity index (χ3n) is 14.1. The molecule has 74 heavy (non-hydrogen) atoms. The Balaban J connectivity index is 0.973. The quantitative estimate of drug-likeness (QED) is 0.0571. The highest BCUT2D eigenvalue weighted by Crippen LogP contribution is 2.37. The lowest BCUT2D eigenvalue weighted by Gasteiger charge is -2.50. The molecule has 7 heterocycles. The molecule has 7 aliphatic heterocycles. The Kier molecular flexibility index (Phi) is 21.8. The molecule has 31 atom stereocenters. The van der Waals surface area contributed by atoms with Crippen LogP contribution in [0.1, 0.15) is 19.3 Å². The van der Waals surface area contributed by atoms with Crippen molar-refractivity contribution in [2.24, 2.45) is 0 Å². The van der Waals surface area contributed by atoms with Gasteiger partial charge >= 0.3 is 0 Å². The molecule has 7 rings (SSSR count). The van der Waals surface area contributed by atoms with E-state index in [4.69, 9.17) is 66.3 Å². The molecule has 0 aliphatic carbocycles. The number of hydrogen-bond donors (Lipinski definition) is 18. The summed E-state index contributed by atoms with van der Waals surface area (Å²) in [6, 6.07) is 0. The first-order valence-corrected chi connectivity index (χ1v) is 24.2. The molecule has 18 N–H and O–H groups in total. The van der Waals surface area contributed by atoms with Crippen molar-refractivity contribution < 1.29 is 158 Å². The fourth-order valence-electron chi connectivity index (χ4n) is 9.84. The number of rotatable bonds is 19. The number of ether oxygens (including phenoxy) is 14. The van der Waals surface area contributed by atoms with E-state index in [0.29, 0.717) is 13.0 Å². The maximum absolute atomic E-state index is 11.5. The summed E-state index contributed by atoms with van der Waals surface area (Å²) < 4.78 is 78.5. The predicted molar refractivity (Wildman–Crippen MR) is 226 cm³/mol. The van der Waals surface area contributed by atoms with Crippen LogP contribution in [0.15, 0.2) is 0 Å². The Morgan fingerprint density at radius 1 is 0.311 bits per heavy atom. The Morgan fingerprint density at radius 3 is 0.905 bits per heavy atom. The molecule has 0 aromatic carbocycles. The van der Waals surface area contributed by atoms with Crippen LogP contribution in [0.5, 0.6) is 0 Å². The zero-order valence-electron chi connectivity index (χ0n) is 39.7. The van der Waals surface area contributed by atoms with Crippen LogP contribution in [-0.2, 0) is 66.3 Å². The molecule has 0 saturated carbocycles. The summed E-state index contributed by atoms with van der Waals surface area (Å²) in [4.78, 5) is 0. The molecule has 0 bridgehead atoms. The fraction of sp³-hybridized carbons (Fsp3) is 1.00. The highest BCUT2D eigenvalue weighted by molar-refractivity contribution is 5.00. The lowest BCUT2D eigenvalue weighted by Crippen LogP contribution is -2.68. The molecule has 1 unspecified atom stereocenters. The third kappa shape index (κ3) is 12.7. The molecule has 432 valence electrons. The molecular formula is C42H72O32. The first kappa shape index (κ1) is 60.4. The highest BCUT2D eigenvalue weighted by atomic mass is 16.8. The first-order chi connectivity index (χ1) is 35.4. The molecule has 0 aromatic heterocycles. The van der Waals surface area contributed by atoms with Crippen molar-refractivity contribution in [3.05, 3.63) is 0 Å². The van der Waals surface area contributed by atoms with Crippen LogP contribution in [0.25, 0.3) is 0 Å². The van der Waals surface area contributed by atoms with Gasteiger partial charge in [0, 0.05) is 13.7 Å². The van der Waals surface area contributed by atoms with E-state index >= 15 is 0 Å². The molecule has 7 fully saturated rings. The van der Waals surface area contributed by atoms with Gasteiger partial charge in [0.2, 0.25) is 0 Å². The normalized spacial score (nSPS) is 51.7. The van der Waals surface area contributed by atoms with Crippen molar-refractivity contribution in [3.63, 3.8) is 0 Å². The van der Waals surface area contributed by atoms with E-state index in [-0.39, 0.29) is 0 Å². The Bertz CT molecular complexity index is 1660. The van der Waals surface area contributed by atoms with Gasteiger partial charge in [-0.2, -0.15) is 0 Å². The van der Waals surface area contributed by atoms with E-state index in [2.05, 4.69) is 0 Å². The van der Waals surface area contributed by atoms with E-state index in [0.717, 1.165) is 20.0 Å². The van der Waals surface area contributed by atoms with E-state index in [1.165, 1.54) is 0 Å². The van der Waals surface area contributed by atoms with E-state index in [1.54, 1.807) is 0 Å². The SMILES string of the molecule is CO[C@@H]1O[C@H](CO)[C@@H](O[C@@H]2O[C@H](CO)[C@@H](O[C@@H]3O[C@H](CO)[C@@H](O)[C@H](O[C@@H]4O[C@H](CO)[C@@H](O[C@@H]5O[C@H](CO)[C@@H](O[C@@H]6O[C@H](CO)[C@@H](OC7CCCCO7)[C@H](O)[C@H]6O)[C@H](O)[C@H]5O)[C@H](O)[C@H]4O)[C@H]3O)[C@H](O)[C@H]2O)[C@H](O)[C@H]1O. The van der Waals surface area contributed by atoms with Gasteiger partial charge < -0.3 is 158 Å². The highest BCUT2D eigenvalue weighted by Gasteiger charge is 2.58. The van der Waals surface area contributed by atoms with E-state index in [1.807, 2.05) is 0 Å². The van der Waals surface area contributed by atoms with Crippen LogP contribution in [0.4, 0.5) is 0 Å². The zero-order valence-corrected chi connectivity index (χ0v) is 39.7. The first-order valence-electron chi connectivity index (χ1n) is 24.2.